The quantitative estimate of drug-likeness (QED) is 0.148. The zero-order valence-corrected chi connectivity index (χ0v) is 27.8. The summed E-state index contributed by atoms with van der Waals surface area (Å²) in [6, 6.07) is 28.9. The fraction of sp³-hybridized carbons (Fsp3) is 0.250. The Morgan fingerprint density at radius 2 is 1.44 bits per heavy atom. The van der Waals surface area contributed by atoms with Crippen molar-refractivity contribution in [2.24, 2.45) is 5.92 Å². The third-order valence-electron chi connectivity index (χ3n) is 5.57. The van der Waals surface area contributed by atoms with E-state index in [2.05, 4.69) is 105 Å². The molecule has 0 aromatic heterocycles. The van der Waals surface area contributed by atoms with E-state index in [1.54, 1.807) is 5.20 Å². The number of rotatable bonds is 1. The predicted octanol–water partition coefficient (Wildman–Crippen LogP) is 9.30. The van der Waals surface area contributed by atoms with Crippen molar-refractivity contribution in [3.63, 3.8) is 0 Å². The Kier molecular flexibility index (Phi) is 18.4. The van der Waals surface area contributed by atoms with E-state index >= 15 is 0 Å². The molecule has 0 amide bonds. The molecule has 0 N–H and O–H groups in total. The number of hydrogen-bond acceptors (Lipinski definition) is 0. The van der Waals surface area contributed by atoms with Crippen molar-refractivity contribution in [2.45, 2.75) is 46.8 Å². The molecule has 0 spiro atoms. The van der Waals surface area contributed by atoms with E-state index in [0.717, 1.165) is 6.42 Å². The molecule has 0 heterocycles. The first-order valence-corrected chi connectivity index (χ1v) is 16.7. The van der Waals surface area contributed by atoms with E-state index in [0.29, 0.717) is 5.92 Å². The van der Waals surface area contributed by atoms with Gasteiger partial charge in [-0.05, 0) is 14.5 Å². The molecule has 0 fully saturated rings. The second-order valence-corrected chi connectivity index (χ2v) is 14.4. The van der Waals surface area contributed by atoms with Crippen LogP contribution < -0.4 is 0 Å². The normalized spacial score (nSPS) is 13.9. The number of aryl methyl sites for hydroxylation is 1. The molecule has 3 aromatic rings. The average Bonchev–Trinajstić information content (AvgIpc) is 3.35. The van der Waals surface area contributed by atoms with Crippen molar-refractivity contribution in [2.75, 3.05) is 0 Å². The number of halogens is 2. The summed E-state index contributed by atoms with van der Waals surface area (Å²) in [4.78, 5) is 0. The first-order chi connectivity index (χ1) is 15.8. The van der Waals surface area contributed by atoms with Crippen LogP contribution in [0.3, 0.4) is 0 Å². The SMILES string of the molecule is CC1=[C-]C(C)C=C1[Si](C)(C)C.Cc1cc[c-]cc1.Cl.Cl.[CH2]=[Zr].[CH3-].[c-]1cccc2c1Cc1ccccc1-2. The largest absolute Gasteiger partial charge is 0.358 e. The van der Waals surface area contributed by atoms with Gasteiger partial charge < -0.3 is 7.43 Å². The van der Waals surface area contributed by atoms with Gasteiger partial charge in [0.05, 0.1) is 0 Å². The molecule has 0 radical (unpaired) electrons. The van der Waals surface area contributed by atoms with Crippen molar-refractivity contribution in [1.82, 2.24) is 0 Å². The van der Waals surface area contributed by atoms with Crippen LogP contribution in [0.15, 0.2) is 83.6 Å². The van der Waals surface area contributed by atoms with Gasteiger partial charge in [0.1, 0.15) is 0 Å². The maximum Gasteiger partial charge on any atom is -0.0253 e. The second kappa shape index (κ2) is 18.0. The first-order valence-electron chi connectivity index (χ1n) is 11.4. The molecule has 4 heteroatoms. The van der Waals surface area contributed by atoms with Gasteiger partial charge in [0.25, 0.3) is 0 Å². The van der Waals surface area contributed by atoms with Crippen LogP contribution in [-0.4, -0.2) is 12.3 Å². The smallest absolute Gasteiger partial charge is 0.0253 e. The zero-order valence-electron chi connectivity index (χ0n) is 22.7. The molecule has 0 saturated carbocycles. The second-order valence-electron chi connectivity index (χ2n) is 9.36. The van der Waals surface area contributed by atoms with Gasteiger partial charge in [0, 0.05) is 0 Å². The van der Waals surface area contributed by atoms with Crippen molar-refractivity contribution < 1.29 is 24.2 Å². The van der Waals surface area contributed by atoms with E-state index in [1.165, 1.54) is 57.6 Å². The molecular formula is C32H40Cl2SiZr-4. The van der Waals surface area contributed by atoms with Gasteiger partial charge in [-0.2, -0.15) is 71.8 Å². The summed E-state index contributed by atoms with van der Waals surface area (Å²) in [6.45, 7) is 13.6. The first kappa shape index (κ1) is 36.8. The van der Waals surface area contributed by atoms with E-state index in [4.69, 9.17) is 0 Å². The molecule has 0 saturated heterocycles. The fourth-order valence-electron chi connectivity index (χ4n) is 4.12. The summed E-state index contributed by atoms with van der Waals surface area (Å²) in [7, 11) is -1.07. The Balaban J connectivity index is 0. The predicted molar refractivity (Wildman–Crippen MR) is 165 cm³/mol. The van der Waals surface area contributed by atoms with Gasteiger partial charge in [0.15, 0.2) is 0 Å². The maximum atomic E-state index is 3.43. The van der Waals surface area contributed by atoms with Gasteiger partial charge in [-0.15, -0.1) is 30.4 Å². The third-order valence-corrected chi connectivity index (χ3v) is 7.73. The number of benzene rings is 3. The fourth-order valence-corrected chi connectivity index (χ4v) is 6.06. The van der Waals surface area contributed by atoms with Crippen LogP contribution >= 0.6 is 24.8 Å². The van der Waals surface area contributed by atoms with E-state index in [9.17, 15) is 0 Å². The Bertz CT molecular complexity index is 1050. The topological polar surface area (TPSA) is 0 Å². The van der Waals surface area contributed by atoms with E-state index in [1.807, 2.05) is 30.3 Å². The van der Waals surface area contributed by atoms with Crippen LogP contribution in [0.25, 0.3) is 11.1 Å². The number of allylic oxidation sites excluding steroid dienone is 4. The summed E-state index contributed by atoms with van der Waals surface area (Å²) in [5, 5.41) is 1.60. The summed E-state index contributed by atoms with van der Waals surface area (Å²) in [5.74, 6) is 0.553. The average molecular weight is 615 g/mol. The zero-order chi connectivity index (χ0) is 24.4. The summed E-state index contributed by atoms with van der Waals surface area (Å²) >= 11 is 1.30. The molecular weight excluding hydrogens is 575 g/mol. The van der Waals surface area contributed by atoms with Crippen molar-refractivity contribution in [3.8, 4) is 11.1 Å². The summed E-state index contributed by atoms with van der Waals surface area (Å²) in [5.41, 5.74) is 8.20. The molecule has 0 nitrogen and oxygen atoms in total. The molecule has 194 valence electrons. The van der Waals surface area contributed by atoms with Gasteiger partial charge in [-0.3, -0.25) is 6.08 Å². The minimum atomic E-state index is -1.07. The molecule has 2 aliphatic carbocycles. The van der Waals surface area contributed by atoms with E-state index < -0.39 is 8.07 Å². The van der Waals surface area contributed by atoms with Gasteiger partial charge in [-0.1, -0.05) is 81.7 Å². The molecule has 5 rings (SSSR count). The Morgan fingerprint density at radius 3 is 1.92 bits per heavy atom. The van der Waals surface area contributed by atoms with Crippen LogP contribution in [0.5, 0.6) is 0 Å². The van der Waals surface area contributed by atoms with Crippen LogP contribution in [0.4, 0.5) is 0 Å². The molecule has 3 aromatic carbocycles. The number of hydrogen-bond donors (Lipinski definition) is 0. The standard InChI is InChI=1S/C13H9.C10H17Si.C7H7.CH3.CH2.2ClH.Zr/c1-3-7-12-10(5-1)9-11-6-2-4-8-13(11)12;1-8-6-9(2)10(7-8)11(3,4)5;1-7-5-3-2-4-6-7;;;;;/h1-5,7-8H,9H2;7-8H,1-5H3;3-6H,1H3;1H3;1H2;2*1H;/q4*-1;;;;. The van der Waals surface area contributed by atoms with Gasteiger partial charge in [-0.25, -0.2) is 10.8 Å². The Labute approximate surface area is 249 Å². The minimum Gasteiger partial charge on any atom is -0.358 e. The van der Waals surface area contributed by atoms with E-state index in [-0.39, 0.29) is 32.2 Å². The van der Waals surface area contributed by atoms with Gasteiger partial charge in [0.2, 0.25) is 0 Å². The molecule has 0 aliphatic heterocycles. The van der Waals surface area contributed by atoms with Crippen LogP contribution in [-0.2, 0) is 30.7 Å². The third kappa shape index (κ3) is 11.0. The van der Waals surface area contributed by atoms with Crippen molar-refractivity contribution in [1.29, 1.82) is 0 Å². The molecule has 1 atom stereocenters. The molecule has 1 unspecified atom stereocenters. The van der Waals surface area contributed by atoms with Crippen molar-refractivity contribution in [3.05, 3.63) is 126 Å². The maximum absolute atomic E-state index is 3.43. The van der Waals surface area contributed by atoms with Crippen LogP contribution in [0.2, 0.25) is 19.6 Å². The Morgan fingerprint density at radius 1 is 0.861 bits per heavy atom. The van der Waals surface area contributed by atoms with Crippen LogP contribution in [0.1, 0.15) is 30.5 Å². The molecule has 0 bridgehead atoms. The van der Waals surface area contributed by atoms with Crippen molar-refractivity contribution >= 4 is 37.1 Å². The summed E-state index contributed by atoms with van der Waals surface area (Å²) < 4.78 is 3.34. The molecule has 36 heavy (non-hydrogen) atoms. The minimum absolute atomic E-state index is 0. The van der Waals surface area contributed by atoms with Gasteiger partial charge >= 0.3 is 28.4 Å². The Hall–Kier alpha value is -1.31. The summed E-state index contributed by atoms with van der Waals surface area (Å²) in [6.07, 6.45) is 6.86. The monoisotopic (exact) mass is 612 g/mol. The molecule has 2 aliphatic rings. The van der Waals surface area contributed by atoms with Crippen LogP contribution in [0, 0.1) is 38.5 Å². The number of fused-ring (bicyclic) bond motifs is 3.